The monoisotopic (exact) mass is 340 g/mol. The quantitative estimate of drug-likeness (QED) is 0.432. The van der Waals surface area contributed by atoms with E-state index in [1.165, 1.54) is 6.42 Å². The number of ketones is 1. The lowest BCUT2D eigenvalue weighted by molar-refractivity contribution is -0.123. The van der Waals surface area contributed by atoms with Crippen LogP contribution < -0.4 is 0 Å². The van der Waals surface area contributed by atoms with E-state index in [9.17, 15) is 9.90 Å². The summed E-state index contributed by atoms with van der Waals surface area (Å²) < 4.78 is 0. The van der Waals surface area contributed by atoms with Gasteiger partial charge in [-0.1, -0.05) is 72.3 Å². The van der Waals surface area contributed by atoms with Crippen LogP contribution in [0.25, 0.3) is 0 Å². The van der Waals surface area contributed by atoms with Crippen molar-refractivity contribution in [3.8, 4) is 0 Å². The van der Waals surface area contributed by atoms with Crippen molar-refractivity contribution in [3.05, 3.63) is 36.5 Å². The third kappa shape index (κ3) is 17.2. The summed E-state index contributed by atoms with van der Waals surface area (Å²) in [5.74, 6) is 0.269. The van der Waals surface area contributed by atoms with Gasteiger partial charge in [0.1, 0.15) is 5.78 Å². The Morgan fingerprint density at radius 3 is 1.67 bits per heavy atom. The van der Waals surface area contributed by atoms with E-state index in [2.05, 4.69) is 20.4 Å². The topological polar surface area (TPSA) is 37.3 Å². The summed E-state index contributed by atoms with van der Waals surface area (Å²) in [5.41, 5.74) is 0.169. The highest BCUT2D eigenvalue weighted by atomic mass is 16.3. The van der Waals surface area contributed by atoms with E-state index in [0.29, 0.717) is 25.7 Å². The molecule has 0 spiro atoms. The molecule has 0 radical (unpaired) electrons. The first-order valence-electron chi connectivity index (χ1n) is 9.56. The zero-order chi connectivity index (χ0) is 20.0. The van der Waals surface area contributed by atoms with Crippen molar-refractivity contribution in [1.29, 1.82) is 0 Å². The van der Waals surface area contributed by atoms with Gasteiger partial charge >= 0.3 is 0 Å². The van der Waals surface area contributed by atoms with Gasteiger partial charge in [0, 0.05) is 12.8 Å². The second-order valence-electron chi connectivity index (χ2n) is 4.93. The number of hydrogen-bond acceptors (Lipinski definition) is 2. The maximum absolute atomic E-state index is 11.1. The summed E-state index contributed by atoms with van der Waals surface area (Å²) in [6, 6.07) is 0. The van der Waals surface area contributed by atoms with Gasteiger partial charge in [-0.15, -0.1) is 6.58 Å². The van der Waals surface area contributed by atoms with Crippen LogP contribution in [0, 0.1) is 0 Å². The molecule has 0 aromatic rings. The minimum Gasteiger partial charge on any atom is -0.385 e. The molecule has 0 bridgehead atoms. The first kappa shape index (κ1) is 30.7. The van der Waals surface area contributed by atoms with Crippen molar-refractivity contribution in [2.24, 2.45) is 0 Å². The Morgan fingerprint density at radius 1 is 1.08 bits per heavy atom. The zero-order valence-corrected chi connectivity index (χ0v) is 17.9. The van der Waals surface area contributed by atoms with Crippen LogP contribution >= 0.6 is 0 Å². The third-order valence-corrected chi connectivity index (χ3v) is 2.83. The number of Topliss-reactive ketones (excluding diaryl/α,β-unsaturated/α-hetero) is 1. The van der Waals surface area contributed by atoms with Crippen LogP contribution in [0.15, 0.2) is 36.5 Å². The number of carbonyl (C=O) groups excluding carboxylic acids is 1. The molecule has 144 valence electrons. The maximum Gasteiger partial charge on any atom is 0.133 e. The Balaban J connectivity index is -0.000000168. The molecule has 1 aliphatic rings. The number of rotatable bonds is 2. The van der Waals surface area contributed by atoms with Crippen molar-refractivity contribution in [1.82, 2.24) is 0 Å². The van der Waals surface area contributed by atoms with Crippen molar-refractivity contribution in [2.75, 3.05) is 0 Å². The van der Waals surface area contributed by atoms with Crippen LogP contribution in [0.3, 0.4) is 0 Å². The first-order valence-corrected chi connectivity index (χ1v) is 9.56. The number of hydrogen-bond donors (Lipinski definition) is 1. The lowest BCUT2D eigenvalue weighted by Crippen LogP contribution is -2.35. The average molecular weight is 341 g/mol. The Morgan fingerprint density at radius 2 is 1.42 bits per heavy atom. The van der Waals surface area contributed by atoms with E-state index in [1.54, 1.807) is 6.08 Å². The molecule has 0 aliphatic heterocycles. The molecule has 0 aromatic heterocycles. The molecule has 24 heavy (non-hydrogen) atoms. The molecule has 2 heteroatoms. The average Bonchev–Trinajstić information content (AvgIpc) is 2.60. The van der Waals surface area contributed by atoms with E-state index < -0.39 is 5.60 Å². The molecule has 2 nitrogen and oxygen atoms in total. The highest BCUT2D eigenvalue weighted by Crippen LogP contribution is 2.33. The van der Waals surface area contributed by atoms with Gasteiger partial charge in [0.05, 0.1) is 5.60 Å². The Labute approximate surface area is 152 Å². The van der Waals surface area contributed by atoms with Crippen LogP contribution in [0.2, 0.25) is 0 Å². The summed E-state index contributed by atoms with van der Waals surface area (Å²) in [4.78, 5) is 11.1. The van der Waals surface area contributed by atoms with E-state index in [0.717, 1.165) is 5.57 Å². The van der Waals surface area contributed by atoms with Gasteiger partial charge in [-0.3, -0.25) is 4.79 Å². The fourth-order valence-electron chi connectivity index (χ4n) is 1.93. The molecule has 0 saturated heterocycles. The highest BCUT2D eigenvalue weighted by Gasteiger charge is 2.34. The summed E-state index contributed by atoms with van der Waals surface area (Å²) in [5, 5.41) is 10.3. The van der Waals surface area contributed by atoms with Crippen molar-refractivity contribution in [2.45, 2.75) is 100 Å². The SMILES string of the molecule is C/C=C\C(=C/C)C1(O)CCC(=O)CC1.C=CC.CC.CC.CCC. The summed E-state index contributed by atoms with van der Waals surface area (Å²) in [7, 11) is 0. The van der Waals surface area contributed by atoms with Gasteiger partial charge in [0.25, 0.3) is 0 Å². The molecule has 1 aliphatic carbocycles. The van der Waals surface area contributed by atoms with Crippen molar-refractivity contribution < 1.29 is 9.90 Å². The predicted molar refractivity (Wildman–Crippen MR) is 112 cm³/mol. The van der Waals surface area contributed by atoms with E-state index in [-0.39, 0.29) is 5.78 Å². The Bertz CT molecular complexity index is 315. The van der Waals surface area contributed by atoms with Gasteiger partial charge in [-0.05, 0) is 39.2 Å². The maximum atomic E-state index is 11.1. The van der Waals surface area contributed by atoms with Crippen LogP contribution in [0.1, 0.15) is 94.4 Å². The molecule has 1 N–H and O–H groups in total. The van der Waals surface area contributed by atoms with Crippen molar-refractivity contribution >= 4 is 5.78 Å². The van der Waals surface area contributed by atoms with Crippen LogP contribution in [-0.4, -0.2) is 16.5 Å². The van der Waals surface area contributed by atoms with Gasteiger partial charge in [-0.2, -0.15) is 0 Å². The van der Waals surface area contributed by atoms with Crippen LogP contribution in [0.5, 0.6) is 0 Å². The number of allylic oxidation sites excluding steroid dienone is 3. The second kappa shape index (κ2) is 24.1. The Hall–Kier alpha value is -1.15. The van der Waals surface area contributed by atoms with Crippen LogP contribution in [0.4, 0.5) is 0 Å². The lowest BCUT2D eigenvalue weighted by atomic mass is 9.78. The number of aliphatic hydroxyl groups is 1. The molecule has 0 heterocycles. The van der Waals surface area contributed by atoms with Crippen LogP contribution in [-0.2, 0) is 4.79 Å². The zero-order valence-electron chi connectivity index (χ0n) is 17.9. The second-order valence-corrected chi connectivity index (χ2v) is 4.93. The molecule has 0 atom stereocenters. The molecule has 0 aromatic carbocycles. The van der Waals surface area contributed by atoms with Crippen molar-refractivity contribution in [3.63, 3.8) is 0 Å². The molecular formula is C22H44O2. The Kier molecular flexibility index (Phi) is 30.8. The molecular weight excluding hydrogens is 296 g/mol. The first-order chi connectivity index (χ1) is 11.4. The summed E-state index contributed by atoms with van der Waals surface area (Å²) in [6.45, 7) is 21.4. The normalized spacial score (nSPS) is 15.2. The van der Waals surface area contributed by atoms with Gasteiger partial charge in [0.15, 0.2) is 0 Å². The van der Waals surface area contributed by atoms with Gasteiger partial charge in [-0.25, -0.2) is 0 Å². The third-order valence-electron chi connectivity index (χ3n) is 2.83. The standard InChI is InChI=1S/C12H18O2.C3H8.C3H6.2C2H6/c1-3-5-10(4-2)12(14)8-6-11(13)7-9-12;2*1-3-2;2*1-2/h3-5,14H,6-9H2,1-2H3;3H2,1-2H3;3H,1H2,2H3;2*1-2H3/b5-3-,10-4+;;;;. The molecule has 1 fully saturated rings. The fraction of sp³-hybridized carbons (Fsp3) is 0.682. The number of carbonyl (C=O) groups is 1. The smallest absolute Gasteiger partial charge is 0.133 e. The predicted octanol–water partition coefficient (Wildman–Crippen LogP) is 7.04. The largest absolute Gasteiger partial charge is 0.385 e. The van der Waals surface area contributed by atoms with Gasteiger partial charge < -0.3 is 5.11 Å². The fourth-order valence-corrected chi connectivity index (χ4v) is 1.93. The molecule has 0 unspecified atom stereocenters. The highest BCUT2D eigenvalue weighted by molar-refractivity contribution is 5.79. The lowest BCUT2D eigenvalue weighted by Gasteiger charge is -2.32. The summed E-state index contributed by atoms with van der Waals surface area (Å²) >= 11 is 0. The van der Waals surface area contributed by atoms with E-state index in [1.807, 2.05) is 66.7 Å². The molecule has 1 rings (SSSR count). The summed E-state index contributed by atoms with van der Waals surface area (Å²) in [6.07, 6.45) is 10.9. The molecule has 0 amide bonds. The molecule has 1 saturated carbocycles. The van der Waals surface area contributed by atoms with E-state index >= 15 is 0 Å². The van der Waals surface area contributed by atoms with Gasteiger partial charge in [0.2, 0.25) is 0 Å². The van der Waals surface area contributed by atoms with E-state index in [4.69, 9.17) is 0 Å². The minimum absolute atomic E-state index is 0.269. The minimum atomic E-state index is -0.769.